The maximum atomic E-state index is 11.8. The summed E-state index contributed by atoms with van der Waals surface area (Å²) in [5.74, 6) is 1.71. The van der Waals surface area contributed by atoms with Crippen LogP contribution in [0.5, 0.6) is 0 Å². The molecule has 2 aliphatic rings. The number of fused-ring (bicyclic) bond motifs is 1. The van der Waals surface area contributed by atoms with Crippen LogP contribution in [0, 0.1) is 0 Å². The minimum Gasteiger partial charge on any atom is -0.378 e. The zero-order valence-corrected chi connectivity index (χ0v) is 14.5. The molecule has 0 amide bonds. The lowest BCUT2D eigenvalue weighted by Gasteiger charge is -2.30. The second kappa shape index (κ2) is 6.62. The molecule has 0 unspecified atom stereocenters. The Morgan fingerprint density at radius 3 is 2.29 bits per heavy atom. The number of rotatable bonds is 3. The number of Topliss-reactive ketones (excluding diaryl/α,β-unsaturated/α-hetero) is 1. The highest BCUT2D eigenvalue weighted by atomic mass is 32.1. The Bertz CT molecular complexity index is 751. The third kappa shape index (κ3) is 2.97. The molecule has 0 N–H and O–H groups in total. The molecule has 2 aliphatic heterocycles. The number of aromatic nitrogens is 2. The van der Waals surface area contributed by atoms with Crippen molar-refractivity contribution in [3.05, 3.63) is 10.9 Å². The maximum Gasteiger partial charge on any atom is 0.228 e. The van der Waals surface area contributed by atoms with Gasteiger partial charge in [-0.1, -0.05) is 0 Å². The van der Waals surface area contributed by atoms with E-state index < -0.39 is 0 Å². The van der Waals surface area contributed by atoms with Crippen LogP contribution < -0.4 is 9.80 Å². The fourth-order valence-corrected chi connectivity index (χ4v) is 3.98. The fourth-order valence-electron chi connectivity index (χ4n) is 2.97. The van der Waals surface area contributed by atoms with Gasteiger partial charge in [-0.25, -0.2) is 4.98 Å². The van der Waals surface area contributed by atoms with Crippen LogP contribution in [-0.2, 0) is 9.47 Å². The molecule has 0 saturated carbocycles. The van der Waals surface area contributed by atoms with Crippen LogP contribution in [0.2, 0.25) is 0 Å². The van der Waals surface area contributed by atoms with E-state index in [1.807, 2.05) is 6.07 Å². The molecule has 2 saturated heterocycles. The van der Waals surface area contributed by atoms with Crippen LogP contribution in [0.3, 0.4) is 0 Å². The lowest BCUT2D eigenvalue weighted by atomic mass is 10.3. The highest BCUT2D eigenvalue weighted by molar-refractivity contribution is 7.21. The van der Waals surface area contributed by atoms with Crippen molar-refractivity contribution in [3.63, 3.8) is 0 Å². The van der Waals surface area contributed by atoms with E-state index in [2.05, 4.69) is 9.80 Å². The zero-order valence-electron chi connectivity index (χ0n) is 13.7. The summed E-state index contributed by atoms with van der Waals surface area (Å²) in [6, 6.07) is 1.89. The van der Waals surface area contributed by atoms with E-state index in [4.69, 9.17) is 19.4 Å². The van der Waals surface area contributed by atoms with Crippen LogP contribution >= 0.6 is 11.3 Å². The first kappa shape index (κ1) is 15.7. The number of hydrogen-bond donors (Lipinski definition) is 0. The highest BCUT2D eigenvalue weighted by Gasteiger charge is 2.23. The van der Waals surface area contributed by atoms with Crippen molar-refractivity contribution in [1.29, 1.82) is 0 Å². The Kier molecular flexibility index (Phi) is 4.34. The average molecular weight is 348 g/mol. The summed E-state index contributed by atoms with van der Waals surface area (Å²) in [6.45, 7) is 7.56. The third-order valence-electron chi connectivity index (χ3n) is 4.29. The molecule has 0 aromatic carbocycles. The Labute approximate surface area is 144 Å². The summed E-state index contributed by atoms with van der Waals surface area (Å²) in [4.78, 5) is 26.5. The monoisotopic (exact) mass is 348 g/mol. The summed E-state index contributed by atoms with van der Waals surface area (Å²) < 4.78 is 11.9. The molecule has 2 aromatic heterocycles. The van der Waals surface area contributed by atoms with Gasteiger partial charge in [0.25, 0.3) is 0 Å². The van der Waals surface area contributed by atoms with Gasteiger partial charge in [-0.2, -0.15) is 4.98 Å². The number of nitrogens with zero attached hydrogens (tertiary/aromatic N) is 4. The standard InChI is InChI=1S/C16H20N4O3S/c1-11(21)13-10-12-14(24-13)15(19-2-6-22-7-3-19)18-16(17-12)20-4-8-23-9-5-20/h10H,2-9H2,1H3. The number of anilines is 2. The Hall–Kier alpha value is -1.77. The van der Waals surface area contributed by atoms with Crippen LogP contribution in [0.4, 0.5) is 11.8 Å². The van der Waals surface area contributed by atoms with Gasteiger partial charge in [0.1, 0.15) is 0 Å². The normalized spacial score (nSPS) is 19.0. The van der Waals surface area contributed by atoms with E-state index >= 15 is 0 Å². The first-order chi connectivity index (χ1) is 11.7. The van der Waals surface area contributed by atoms with E-state index in [1.165, 1.54) is 11.3 Å². The SMILES string of the molecule is CC(=O)c1cc2nc(N3CCOCC3)nc(N3CCOCC3)c2s1. The Morgan fingerprint density at radius 1 is 1.04 bits per heavy atom. The summed E-state index contributed by atoms with van der Waals surface area (Å²) in [7, 11) is 0. The van der Waals surface area contributed by atoms with Crippen molar-refractivity contribution >= 4 is 39.1 Å². The quantitative estimate of drug-likeness (QED) is 0.780. The molecule has 0 aliphatic carbocycles. The fraction of sp³-hybridized carbons (Fsp3) is 0.562. The predicted octanol–water partition coefficient (Wildman–Crippen LogP) is 1.57. The number of ketones is 1. The zero-order chi connectivity index (χ0) is 16.5. The summed E-state index contributed by atoms with van der Waals surface area (Å²) in [5.41, 5.74) is 0.850. The molecule has 2 fully saturated rings. The molecule has 2 aromatic rings. The average Bonchev–Trinajstić information content (AvgIpc) is 3.07. The van der Waals surface area contributed by atoms with Gasteiger partial charge >= 0.3 is 0 Å². The Morgan fingerprint density at radius 2 is 1.67 bits per heavy atom. The van der Waals surface area contributed by atoms with Gasteiger partial charge in [0.2, 0.25) is 5.95 Å². The van der Waals surface area contributed by atoms with Crippen molar-refractivity contribution < 1.29 is 14.3 Å². The lowest BCUT2D eigenvalue weighted by molar-refractivity contribution is 0.102. The molecule has 4 rings (SSSR count). The van der Waals surface area contributed by atoms with Crippen molar-refractivity contribution in [1.82, 2.24) is 9.97 Å². The highest BCUT2D eigenvalue weighted by Crippen LogP contribution is 2.34. The van der Waals surface area contributed by atoms with Crippen LogP contribution in [0.1, 0.15) is 16.6 Å². The molecular formula is C16H20N4O3S. The van der Waals surface area contributed by atoms with Crippen molar-refractivity contribution in [3.8, 4) is 0 Å². The maximum absolute atomic E-state index is 11.8. The number of carbonyl (C=O) groups is 1. The molecule has 7 nitrogen and oxygen atoms in total. The number of carbonyl (C=O) groups excluding carboxylic acids is 1. The van der Waals surface area contributed by atoms with Gasteiger partial charge in [0, 0.05) is 26.2 Å². The topological polar surface area (TPSA) is 67.8 Å². The van der Waals surface area contributed by atoms with Crippen LogP contribution in [0.15, 0.2) is 6.07 Å². The molecule has 128 valence electrons. The number of morpholine rings is 2. The molecule has 24 heavy (non-hydrogen) atoms. The van der Waals surface area contributed by atoms with E-state index in [1.54, 1.807) is 6.92 Å². The van der Waals surface area contributed by atoms with Gasteiger partial charge in [-0.15, -0.1) is 11.3 Å². The van der Waals surface area contributed by atoms with Gasteiger partial charge in [0.05, 0.1) is 41.5 Å². The number of thiophene rings is 1. The van der Waals surface area contributed by atoms with Gasteiger partial charge < -0.3 is 19.3 Å². The largest absolute Gasteiger partial charge is 0.378 e. The van der Waals surface area contributed by atoms with Crippen molar-refractivity contribution in [2.24, 2.45) is 0 Å². The van der Waals surface area contributed by atoms with E-state index in [0.29, 0.717) is 26.4 Å². The minimum absolute atomic E-state index is 0.0684. The molecule has 0 atom stereocenters. The van der Waals surface area contributed by atoms with E-state index in [-0.39, 0.29) is 5.78 Å². The van der Waals surface area contributed by atoms with Gasteiger partial charge in [0.15, 0.2) is 11.6 Å². The number of ether oxygens (including phenoxy) is 2. The summed E-state index contributed by atoms with van der Waals surface area (Å²) >= 11 is 1.48. The van der Waals surface area contributed by atoms with E-state index in [0.717, 1.165) is 53.0 Å². The minimum atomic E-state index is 0.0684. The molecule has 4 heterocycles. The molecule has 8 heteroatoms. The summed E-state index contributed by atoms with van der Waals surface area (Å²) in [6.07, 6.45) is 0. The number of hydrogen-bond acceptors (Lipinski definition) is 8. The van der Waals surface area contributed by atoms with Gasteiger partial charge in [-0.3, -0.25) is 4.79 Å². The molecule has 0 spiro atoms. The second-order valence-corrected chi connectivity index (χ2v) is 6.98. The van der Waals surface area contributed by atoms with E-state index in [9.17, 15) is 4.79 Å². The smallest absolute Gasteiger partial charge is 0.228 e. The summed E-state index contributed by atoms with van der Waals surface area (Å²) in [5, 5.41) is 0. The Balaban J connectivity index is 1.80. The molecule has 0 radical (unpaired) electrons. The predicted molar refractivity (Wildman–Crippen MR) is 93.5 cm³/mol. The first-order valence-corrected chi connectivity index (χ1v) is 9.02. The second-order valence-electron chi connectivity index (χ2n) is 5.93. The van der Waals surface area contributed by atoms with Crippen molar-refractivity contribution in [2.45, 2.75) is 6.92 Å². The third-order valence-corrected chi connectivity index (χ3v) is 5.51. The van der Waals surface area contributed by atoms with Crippen LogP contribution in [0.25, 0.3) is 10.2 Å². The lowest BCUT2D eigenvalue weighted by Crippen LogP contribution is -2.39. The molecular weight excluding hydrogens is 328 g/mol. The van der Waals surface area contributed by atoms with Gasteiger partial charge in [-0.05, 0) is 13.0 Å². The van der Waals surface area contributed by atoms with Crippen LogP contribution in [-0.4, -0.2) is 68.4 Å². The van der Waals surface area contributed by atoms with Crippen molar-refractivity contribution in [2.75, 3.05) is 62.4 Å². The molecule has 0 bridgehead atoms. The first-order valence-electron chi connectivity index (χ1n) is 8.20.